The molecule has 4 unspecified atom stereocenters. The van der Waals surface area contributed by atoms with E-state index in [-0.39, 0.29) is 47.6 Å². The number of nitrogens with one attached hydrogen (secondary N) is 1. The van der Waals surface area contributed by atoms with Crippen LogP contribution in [0.25, 0.3) is 16.9 Å². The third kappa shape index (κ3) is 4.06. The van der Waals surface area contributed by atoms with E-state index in [0.717, 1.165) is 0 Å². The molecular formula is C33H34N5O8+. The van der Waals surface area contributed by atoms with Gasteiger partial charge in [-0.15, -0.1) is 9.81 Å². The normalized spacial score (nSPS) is 27.1. The minimum absolute atomic E-state index is 0.00801. The van der Waals surface area contributed by atoms with Crippen molar-refractivity contribution in [1.82, 2.24) is 0 Å². The first-order valence-electron chi connectivity index (χ1n) is 14.8. The third-order valence-corrected chi connectivity index (χ3v) is 10.1. The Labute approximate surface area is 263 Å². The average Bonchev–Trinajstić information content (AvgIpc) is 2.98. The number of carbonyl (C=O) groups excluding carboxylic acids is 4. The number of nitrogen functional groups attached to an aromatic ring is 1. The second-order valence-electron chi connectivity index (χ2n) is 13.2. The SMILES string of the molecule is CCC(=O)c1cc(N)cc(-c2ccc(N=O)c3c2CC2(C)CC4(C)C(C(C)C)C([NH+]=O)=C(C(N)=O)C(=O)C4(N=O)C(=O)C2=C3O)c1. The molecule has 5 rings (SSSR count). The first-order chi connectivity index (χ1) is 21.6. The lowest BCUT2D eigenvalue weighted by Crippen LogP contribution is -2.77. The number of benzene rings is 2. The number of hydrogen-bond donors (Lipinski definition) is 4. The summed E-state index contributed by atoms with van der Waals surface area (Å²) in [6.45, 7) is 8.31. The van der Waals surface area contributed by atoms with Crippen LogP contribution in [-0.4, -0.2) is 33.9 Å². The Hall–Kier alpha value is -5.20. The fraction of sp³-hybridized carbons (Fsp3) is 0.394. The lowest BCUT2D eigenvalue weighted by atomic mass is 9.42. The summed E-state index contributed by atoms with van der Waals surface area (Å²) in [5.74, 6) is -6.15. The number of aliphatic hydroxyl groups excluding tert-OH is 1. The second-order valence-corrected chi connectivity index (χ2v) is 13.2. The standard InChI is InChI=1S/C33H33N5O8/c1-6-21(39)16-9-15(10-17(34)11-16)18-7-8-20(36-44)22-19(18)12-31(4)13-32(5)24(14(2)3)26(37-45)23(30(35)43)28(41)33(32,38-46)29(42)25(31)27(22)40/h7-11,14,24,40H,6,12-13,34H2,1-5H3,(H2,35,43)/p+1. The van der Waals surface area contributed by atoms with Gasteiger partial charge in [0.05, 0.1) is 5.92 Å². The number of rotatable bonds is 8. The summed E-state index contributed by atoms with van der Waals surface area (Å²) in [7, 11) is 0. The molecule has 3 aliphatic carbocycles. The Morgan fingerprint density at radius 1 is 1.11 bits per heavy atom. The number of carbonyl (C=O) groups is 4. The average molecular weight is 629 g/mol. The van der Waals surface area contributed by atoms with Gasteiger partial charge in [-0.05, 0) is 70.1 Å². The molecule has 13 heteroatoms. The van der Waals surface area contributed by atoms with Gasteiger partial charge in [-0.3, -0.25) is 19.2 Å². The fourth-order valence-electron chi connectivity index (χ4n) is 8.49. The number of Topliss-reactive ketones (excluding diaryl/α,β-unsaturated/α-hetero) is 3. The first-order valence-corrected chi connectivity index (χ1v) is 14.8. The number of amides is 1. The highest BCUT2D eigenvalue weighted by Crippen LogP contribution is 2.65. The highest BCUT2D eigenvalue weighted by molar-refractivity contribution is 6.34. The molecule has 238 valence electrons. The Morgan fingerprint density at radius 2 is 1.78 bits per heavy atom. The molecule has 0 aromatic heterocycles. The molecule has 1 amide bonds. The molecule has 1 saturated carbocycles. The highest BCUT2D eigenvalue weighted by atomic mass is 16.3. The zero-order valence-electron chi connectivity index (χ0n) is 26.0. The predicted octanol–water partition coefficient (Wildman–Crippen LogP) is 3.68. The summed E-state index contributed by atoms with van der Waals surface area (Å²) < 4.78 is 0. The predicted molar refractivity (Wildman–Crippen MR) is 168 cm³/mol. The smallest absolute Gasteiger partial charge is 0.259 e. The number of anilines is 1. The summed E-state index contributed by atoms with van der Waals surface area (Å²) in [5.41, 5.74) is 6.31. The van der Waals surface area contributed by atoms with Gasteiger partial charge in [0.1, 0.15) is 11.4 Å². The summed E-state index contributed by atoms with van der Waals surface area (Å²) in [6, 6.07) is 7.79. The number of allylic oxidation sites excluding steroid dienone is 1. The molecule has 6 N–H and O–H groups in total. The fourth-order valence-corrected chi connectivity index (χ4v) is 8.49. The van der Waals surface area contributed by atoms with Gasteiger partial charge in [0.15, 0.2) is 11.4 Å². The van der Waals surface area contributed by atoms with Gasteiger partial charge in [-0.2, -0.15) is 0 Å². The van der Waals surface area contributed by atoms with Gasteiger partial charge in [0.2, 0.25) is 17.1 Å². The van der Waals surface area contributed by atoms with Crippen LogP contribution in [0.1, 0.15) is 68.9 Å². The van der Waals surface area contributed by atoms with Crippen molar-refractivity contribution in [3.63, 3.8) is 0 Å². The topological polar surface area (TPSA) is 230 Å². The number of nitroso groups, excluding NO2 is 3. The first kappa shape index (κ1) is 32.2. The summed E-state index contributed by atoms with van der Waals surface area (Å²) in [4.78, 5) is 91.3. The largest absolute Gasteiger partial charge is 0.507 e. The number of nitrogens with two attached hydrogens (primary N) is 2. The molecule has 46 heavy (non-hydrogen) atoms. The maximum atomic E-state index is 14.7. The van der Waals surface area contributed by atoms with Crippen LogP contribution in [0.3, 0.4) is 0 Å². The van der Waals surface area contributed by atoms with Crippen molar-refractivity contribution in [3.05, 3.63) is 78.6 Å². The third-order valence-electron chi connectivity index (χ3n) is 10.1. The maximum Gasteiger partial charge on any atom is 0.259 e. The van der Waals surface area contributed by atoms with E-state index in [2.05, 4.69) is 10.4 Å². The molecule has 0 bridgehead atoms. The zero-order valence-corrected chi connectivity index (χ0v) is 26.0. The molecule has 4 atom stereocenters. The number of fused-ring (bicyclic) bond motifs is 3. The molecule has 0 aliphatic heterocycles. The minimum Gasteiger partial charge on any atom is -0.507 e. The van der Waals surface area contributed by atoms with E-state index in [1.165, 1.54) is 13.0 Å². The van der Waals surface area contributed by atoms with Crippen LogP contribution < -0.4 is 16.6 Å². The van der Waals surface area contributed by atoms with Crippen LogP contribution in [0.5, 0.6) is 0 Å². The van der Waals surface area contributed by atoms with E-state index in [1.807, 2.05) is 0 Å². The zero-order chi connectivity index (χ0) is 34.1. The summed E-state index contributed by atoms with van der Waals surface area (Å²) >= 11 is 0. The molecule has 2 aromatic rings. The molecule has 0 radical (unpaired) electrons. The van der Waals surface area contributed by atoms with E-state index < -0.39 is 57.0 Å². The monoisotopic (exact) mass is 628 g/mol. The van der Waals surface area contributed by atoms with Gasteiger partial charge >= 0.3 is 0 Å². The number of hydrogen-bond acceptors (Lipinski definition) is 11. The van der Waals surface area contributed by atoms with Gasteiger partial charge in [-0.25, -0.2) is 0 Å². The van der Waals surface area contributed by atoms with Gasteiger partial charge in [-0.1, -0.05) is 40.7 Å². The second kappa shape index (κ2) is 10.7. The van der Waals surface area contributed by atoms with Crippen molar-refractivity contribution in [3.8, 4) is 11.1 Å². The molecule has 0 heterocycles. The van der Waals surface area contributed by atoms with E-state index in [4.69, 9.17) is 11.5 Å². The molecule has 0 spiro atoms. The summed E-state index contributed by atoms with van der Waals surface area (Å²) in [6.07, 6.45) is 0.111. The number of ketones is 3. The van der Waals surface area contributed by atoms with Gasteiger partial charge in [0, 0.05) is 49.7 Å². The number of aliphatic hydroxyl groups is 1. The van der Waals surface area contributed by atoms with E-state index >= 15 is 0 Å². The van der Waals surface area contributed by atoms with E-state index in [9.17, 15) is 39.0 Å². The maximum absolute atomic E-state index is 14.7. The van der Waals surface area contributed by atoms with E-state index in [0.29, 0.717) is 27.9 Å². The lowest BCUT2D eigenvalue weighted by Gasteiger charge is -2.57. The van der Waals surface area contributed by atoms with Crippen molar-refractivity contribution < 1.29 is 29.5 Å². The lowest BCUT2D eigenvalue weighted by molar-refractivity contribution is -0.439. The Kier molecular flexibility index (Phi) is 7.50. The van der Waals surface area contributed by atoms with Crippen LogP contribution in [0.15, 0.2) is 57.5 Å². The van der Waals surface area contributed by atoms with Crippen LogP contribution in [0.4, 0.5) is 11.4 Å². The molecule has 1 fully saturated rings. The minimum atomic E-state index is -2.76. The van der Waals surface area contributed by atoms with E-state index in [1.54, 1.807) is 57.1 Å². The van der Waals surface area contributed by atoms with Gasteiger partial charge in [0.25, 0.3) is 11.6 Å². The van der Waals surface area contributed by atoms with Crippen molar-refractivity contribution in [2.24, 2.45) is 38.8 Å². The van der Waals surface area contributed by atoms with Crippen molar-refractivity contribution >= 4 is 40.4 Å². The van der Waals surface area contributed by atoms with Crippen LogP contribution in [0, 0.1) is 37.4 Å². The summed E-state index contributed by atoms with van der Waals surface area (Å²) in [5, 5.41) is 19.8. The Balaban J connectivity index is 1.86. The Bertz CT molecular complexity index is 1880. The van der Waals surface area contributed by atoms with Gasteiger partial charge < -0.3 is 16.6 Å². The molecule has 3 aliphatic rings. The van der Waals surface area contributed by atoms with Crippen molar-refractivity contribution in [1.29, 1.82) is 0 Å². The molecule has 0 saturated heterocycles. The van der Waals surface area contributed by atoms with Crippen molar-refractivity contribution in [2.75, 3.05) is 5.73 Å². The number of primary amides is 1. The highest BCUT2D eigenvalue weighted by Gasteiger charge is 2.76. The Morgan fingerprint density at radius 3 is 2.33 bits per heavy atom. The quantitative estimate of drug-likeness (QED) is 0.110. The van der Waals surface area contributed by atoms with Crippen LogP contribution in [-0.2, 0) is 20.8 Å². The molecule has 2 aromatic carbocycles. The van der Waals surface area contributed by atoms with Crippen molar-refractivity contribution in [2.45, 2.75) is 59.4 Å². The van der Waals surface area contributed by atoms with Crippen LogP contribution in [0.2, 0.25) is 0 Å². The molecule has 13 nitrogen and oxygen atoms in total. The molecular weight excluding hydrogens is 594 g/mol. The van der Waals surface area contributed by atoms with Crippen LogP contribution >= 0.6 is 0 Å². The number of nitrogens with zero attached hydrogens (tertiary/aromatic N) is 2.